The summed E-state index contributed by atoms with van der Waals surface area (Å²) in [6.07, 6.45) is 1.25. The maximum Gasteiger partial charge on any atom is 0.222 e. The summed E-state index contributed by atoms with van der Waals surface area (Å²) in [4.78, 5) is 0. The van der Waals surface area contributed by atoms with E-state index in [9.17, 15) is 0 Å². The first kappa shape index (κ1) is 12.3. The first-order valence-corrected chi connectivity index (χ1v) is 11.2. The van der Waals surface area contributed by atoms with Crippen molar-refractivity contribution in [1.82, 2.24) is 0 Å². The second-order valence-electron chi connectivity index (χ2n) is 3.01. The van der Waals surface area contributed by atoms with E-state index in [-0.39, 0.29) is 0 Å². The lowest BCUT2D eigenvalue weighted by atomic mass is 10.3. The summed E-state index contributed by atoms with van der Waals surface area (Å²) < 4.78 is 5.30. The molecule has 0 aromatic heterocycles. The van der Waals surface area contributed by atoms with Gasteiger partial charge in [-0.25, -0.2) is 0 Å². The summed E-state index contributed by atoms with van der Waals surface area (Å²) in [7, 11) is 0. The van der Waals surface area contributed by atoms with E-state index in [1.807, 2.05) is 47.0 Å². The molecule has 0 saturated carbocycles. The van der Waals surface area contributed by atoms with Gasteiger partial charge in [-0.15, -0.1) is 0 Å². The molecule has 15 heavy (non-hydrogen) atoms. The maximum atomic E-state index is 5.93. The first-order valence-electron chi connectivity index (χ1n) is 4.52. The van der Waals surface area contributed by atoms with E-state index in [0.29, 0.717) is 0 Å². The van der Waals surface area contributed by atoms with Crippen LogP contribution >= 0.6 is 43.4 Å². The fourth-order valence-electron chi connectivity index (χ4n) is 1.13. The summed E-state index contributed by atoms with van der Waals surface area (Å²) in [5, 5.41) is 0. The Hall–Kier alpha value is 0.850. The molecule has 0 spiro atoms. The average molecular weight is 341 g/mol. The largest absolute Gasteiger partial charge is 0.448 e. The Bertz CT molecular complexity index is 371. The highest BCUT2D eigenvalue weighted by atomic mass is 79.9. The third-order valence-electron chi connectivity index (χ3n) is 1.82. The minimum absolute atomic E-state index is 0.892. The Morgan fingerprint density at radius 1 is 1.20 bits per heavy atom. The van der Waals surface area contributed by atoms with Crippen LogP contribution in [-0.4, -0.2) is 11.5 Å². The molecule has 1 aromatic carbocycles. The molecule has 0 N–H and O–H groups in total. The van der Waals surface area contributed by atoms with E-state index in [4.69, 9.17) is 16.3 Å². The van der Waals surface area contributed by atoms with Crippen LogP contribution in [0.3, 0.4) is 0 Å². The molecule has 0 atom stereocenters. The molecule has 1 heterocycles. The Morgan fingerprint density at radius 2 is 1.80 bits per heavy atom. The van der Waals surface area contributed by atoms with Gasteiger partial charge in [-0.3, -0.25) is 0 Å². The molecule has 0 unspecified atom stereocenters. The molecule has 0 radical (unpaired) electrons. The van der Waals surface area contributed by atoms with Gasteiger partial charge in [0.1, 0.15) is 5.75 Å². The van der Waals surface area contributed by atoms with E-state index < -0.39 is 4.67 Å². The number of halogens is 1. The lowest BCUT2D eigenvalue weighted by molar-refractivity contribution is 0.637. The molecule has 1 aromatic rings. The van der Waals surface area contributed by atoms with Gasteiger partial charge in [-0.2, -0.15) is 0 Å². The molecule has 82 valence electrons. The van der Waals surface area contributed by atoms with Crippen molar-refractivity contribution in [1.29, 1.82) is 0 Å². The van der Waals surface area contributed by atoms with Crippen LogP contribution in [0.4, 0.5) is 0 Å². The first-order chi connectivity index (χ1) is 7.18. The van der Waals surface area contributed by atoms with Gasteiger partial charge in [-0.05, 0) is 42.5 Å². The van der Waals surface area contributed by atoms with Crippen molar-refractivity contribution in [3.63, 3.8) is 0 Å². The summed E-state index contributed by atoms with van der Waals surface area (Å²) in [6, 6.07) is 7.90. The van der Waals surface area contributed by atoms with E-state index in [2.05, 4.69) is 15.9 Å². The lowest BCUT2D eigenvalue weighted by Crippen LogP contribution is -1.95. The molecule has 1 nitrogen and oxygen atoms in total. The van der Waals surface area contributed by atoms with Crippen LogP contribution in [0.15, 0.2) is 28.7 Å². The van der Waals surface area contributed by atoms with Crippen molar-refractivity contribution < 1.29 is 4.52 Å². The van der Waals surface area contributed by atoms with Gasteiger partial charge in [0.15, 0.2) is 0 Å². The molecule has 1 fully saturated rings. The van der Waals surface area contributed by atoms with Gasteiger partial charge in [0.05, 0.1) is 0 Å². The Morgan fingerprint density at radius 3 is 2.40 bits per heavy atom. The number of rotatable bonds is 2. The molecular weight excluding hydrogens is 331 g/mol. The monoisotopic (exact) mass is 340 g/mol. The fraction of sp³-hybridized carbons (Fsp3) is 0.333. The topological polar surface area (TPSA) is 9.23 Å². The van der Waals surface area contributed by atoms with Crippen molar-refractivity contribution in [2.45, 2.75) is 6.42 Å². The van der Waals surface area contributed by atoms with Crippen LogP contribution in [0.2, 0.25) is 0 Å². The standard InChI is InChI=1S/C9H10BrOPS3/c10-8-2-4-9(5-3-8)11-12(13)14-6-1-7-15-12/h2-5H,1,6-7H2. The predicted octanol–water partition coefficient (Wildman–Crippen LogP) is 4.92. The van der Waals surface area contributed by atoms with Gasteiger partial charge in [-0.1, -0.05) is 38.7 Å². The quantitative estimate of drug-likeness (QED) is 0.706. The SMILES string of the molecule is S=P1(Oc2ccc(Br)cc2)SCCCS1. The summed E-state index contributed by atoms with van der Waals surface area (Å²) >= 11 is 12.6. The normalized spacial score (nSPS) is 19.8. The summed E-state index contributed by atoms with van der Waals surface area (Å²) in [5.41, 5.74) is 0. The van der Waals surface area contributed by atoms with Crippen LogP contribution in [-0.2, 0) is 11.8 Å². The third kappa shape index (κ3) is 3.67. The lowest BCUT2D eigenvalue weighted by Gasteiger charge is -2.25. The van der Waals surface area contributed by atoms with Crippen LogP contribution in [0, 0.1) is 0 Å². The highest BCUT2D eigenvalue weighted by molar-refractivity contribution is 9.10. The number of benzene rings is 1. The minimum Gasteiger partial charge on any atom is -0.448 e. The van der Waals surface area contributed by atoms with Crippen LogP contribution in [0.1, 0.15) is 6.42 Å². The van der Waals surface area contributed by atoms with E-state index in [1.165, 1.54) is 6.42 Å². The van der Waals surface area contributed by atoms with Crippen molar-refractivity contribution in [3.05, 3.63) is 28.7 Å². The van der Waals surface area contributed by atoms with Crippen molar-refractivity contribution in [2.75, 3.05) is 11.5 Å². The van der Waals surface area contributed by atoms with Gasteiger partial charge in [0.2, 0.25) is 4.67 Å². The van der Waals surface area contributed by atoms with Gasteiger partial charge < -0.3 is 4.52 Å². The van der Waals surface area contributed by atoms with E-state index >= 15 is 0 Å². The Labute approximate surface area is 111 Å². The van der Waals surface area contributed by atoms with Crippen LogP contribution in [0.5, 0.6) is 5.75 Å². The smallest absolute Gasteiger partial charge is 0.222 e. The molecule has 6 heteroatoms. The molecule has 0 bridgehead atoms. The fourth-order valence-corrected chi connectivity index (χ4v) is 9.91. The highest BCUT2D eigenvalue weighted by Crippen LogP contribution is 2.71. The minimum atomic E-state index is -1.70. The highest BCUT2D eigenvalue weighted by Gasteiger charge is 2.24. The second-order valence-corrected chi connectivity index (χ2v) is 14.6. The zero-order valence-corrected chi connectivity index (χ0v) is 12.8. The van der Waals surface area contributed by atoms with E-state index in [1.54, 1.807) is 0 Å². The van der Waals surface area contributed by atoms with Crippen molar-refractivity contribution >= 4 is 55.2 Å². The van der Waals surface area contributed by atoms with Crippen molar-refractivity contribution in [3.8, 4) is 5.75 Å². The van der Waals surface area contributed by atoms with Crippen LogP contribution in [0.25, 0.3) is 0 Å². The molecule has 1 aliphatic heterocycles. The molecule has 0 amide bonds. The van der Waals surface area contributed by atoms with Gasteiger partial charge in [0, 0.05) is 16.0 Å². The van der Waals surface area contributed by atoms with E-state index in [0.717, 1.165) is 21.7 Å². The Kier molecular flexibility index (Phi) is 4.48. The zero-order chi connectivity index (χ0) is 10.7. The molecule has 1 aliphatic rings. The molecular formula is C9H10BrOPS3. The molecule has 2 rings (SSSR count). The average Bonchev–Trinajstić information content (AvgIpc) is 2.22. The third-order valence-corrected chi connectivity index (χ3v) is 11.8. The Balaban J connectivity index is 2.07. The molecule has 0 aliphatic carbocycles. The number of hydrogen-bond donors (Lipinski definition) is 0. The second kappa shape index (κ2) is 5.46. The van der Waals surface area contributed by atoms with Crippen molar-refractivity contribution in [2.24, 2.45) is 0 Å². The number of hydrogen-bond acceptors (Lipinski definition) is 4. The summed E-state index contributed by atoms with van der Waals surface area (Å²) in [6.45, 7) is 0. The van der Waals surface area contributed by atoms with Gasteiger partial charge in [0.25, 0.3) is 0 Å². The van der Waals surface area contributed by atoms with Crippen LogP contribution < -0.4 is 4.52 Å². The maximum absolute atomic E-state index is 5.93. The molecule has 1 saturated heterocycles. The summed E-state index contributed by atoms with van der Waals surface area (Å²) in [5.74, 6) is 3.17. The predicted molar refractivity (Wildman–Crippen MR) is 78.6 cm³/mol. The zero-order valence-electron chi connectivity index (χ0n) is 7.89. The van der Waals surface area contributed by atoms with Gasteiger partial charge >= 0.3 is 0 Å².